The fraction of sp³-hybridized carbons (Fsp3) is 0.259. The summed E-state index contributed by atoms with van der Waals surface area (Å²) in [5.74, 6) is 1.79. The fourth-order valence-electron chi connectivity index (χ4n) is 4.61. The first kappa shape index (κ1) is 21.2. The second-order valence-corrected chi connectivity index (χ2v) is 8.36. The van der Waals surface area contributed by atoms with E-state index in [0.717, 1.165) is 46.7 Å². The fourth-order valence-corrected chi connectivity index (χ4v) is 4.61. The van der Waals surface area contributed by atoms with Gasteiger partial charge in [0.1, 0.15) is 22.9 Å². The Morgan fingerprint density at radius 1 is 1.09 bits per heavy atom. The van der Waals surface area contributed by atoms with Gasteiger partial charge in [-0.05, 0) is 74.2 Å². The number of benzene rings is 3. The van der Waals surface area contributed by atoms with E-state index in [-0.39, 0.29) is 11.9 Å². The Balaban J connectivity index is 1.65. The summed E-state index contributed by atoms with van der Waals surface area (Å²) in [4.78, 5) is 12.1. The molecule has 168 valence electrons. The predicted molar refractivity (Wildman–Crippen MR) is 131 cm³/mol. The van der Waals surface area contributed by atoms with Crippen molar-refractivity contribution in [2.45, 2.75) is 33.2 Å². The minimum Gasteiger partial charge on any atom is -0.492 e. The molecule has 2 heterocycles. The van der Waals surface area contributed by atoms with E-state index in [4.69, 9.17) is 14.7 Å². The molecule has 0 spiro atoms. The Morgan fingerprint density at radius 3 is 2.76 bits per heavy atom. The van der Waals surface area contributed by atoms with Crippen molar-refractivity contribution in [3.8, 4) is 5.75 Å². The van der Waals surface area contributed by atoms with E-state index in [9.17, 15) is 4.39 Å². The van der Waals surface area contributed by atoms with Gasteiger partial charge in [0, 0.05) is 17.6 Å². The summed E-state index contributed by atoms with van der Waals surface area (Å²) >= 11 is 0. The van der Waals surface area contributed by atoms with Crippen molar-refractivity contribution in [1.82, 2.24) is 9.97 Å². The lowest BCUT2D eigenvalue weighted by Gasteiger charge is -2.37. The van der Waals surface area contributed by atoms with Gasteiger partial charge in [0.05, 0.1) is 12.6 Å². The van der Waals surface area contributed by atoms with Crippen LogP contribution in [0.15, 0.2) is 60.7 Å². The molecule has 6 heteroatoms. The smallest absolute Gasteiger partial charge is 0.229 e. The Labute approximate surface area is 193 Å². The van der Waals surface area contributed by atoms with Crippen molar-refractivity contribution < 1.29 is 9.13 Å². The van der Waals surface area contributed by atoms with Gasteiger partial charge in [0.15, 0.2) is 0 Å². The third kappa shape index (κ3) is 3.97. The molecular weight excluding hydrogens is 415 g/mol. The third-order valence-electron chi connectivity index (χ3n) is 6.27. The molecule has 1 unspecified atom stereocenters. The molecule has 0 saturated carbocycles. The summed E-state index contributed by atoms with van der Waals surface area (Å²) in [5, 5.41) is 4.26. The maximum Gasteiger partial charge on any atom is 0.229 e. The lowest BCUT2D eigenvalue weighted by atomic mass is 9.93. The van der Waals surface area contributed by atoms with E-state index in [1.54, 1.807) is 6.07 Å². The second-order valence-electron chi connectivity index (χ2n) is 8.36. The molecular formula is C27H27FN4O. The topological polar surface area (TPSA) is 50.3 Å². The van der Waals surface area contributed by atoms with Crippen molar-refractivity contribution in [2.75, 3.05) is 23.4 Å². The van der Waals surface area contributed by atoms with Crippen molar-refractivity contribution >= 4 is 28.4 Å². The standard InChI is InChI=1S/C27H27FN4O/c1-4-33-24-11-7-10-22-25(24)30-27(29-23-13-12-20(28)16-17(23)2)31-26(22)32-15-14-19-8-5-6-9-21(19)18(32)3/h5-13,16,18H,4,14-15H2,1-3H3,(H,29,30,31). The van der Waals surface area contributed by atoms with Crippen LogP contribution in [-0.2, 0) is 6.42 Å². The van der Waals surface area contributed by atoms with Gasteiger partial charge in [-0.15, -0.1) is 0 Å². The molecule has 1 N–H and O–H groups in total. The number of para-hydroxylation sites is 1. The number of nitrogens with one attached hydrogen (secondary N) is 1. The van der Waals surface area contributed by atoms with Crippen molar-refractivity contribution in [2.24, 2.45) is 0 Å². The molecule has 0 aliphatic carbocycles. The number of hydrogen-bond donors (Lipinski definition) is 1. The molecule has 0 bridgehead atoms. The van der Waals surface area contributed by atoms with Crippen molar-refractivity contribution in [3.05, 3.63) is 83.2 Å². The SMILES string of the molecule is CCOc1cccc2c(N3CCc4ccccc4C3C)nc(Nc3ccc(F)cc3C)nc12. The first-order valence-electron chi connectivity index (χ1n) is 11.4. The van der Waals surface area contributed by atoms with E-state index in [1.165, 1.54) is 23.3 Å². The molecule has 1 aliphatic rings. The molecule has 5 nitrogen and oxygen atoms in total. The van der Waals surface area contributed by atoms with Crippen LogP contribution in [0.1, 0.15) is 36.6 Å². The van der Waals surface area contributed by atoms with Gasteiger partial charge in [0.25, 0.3) is 0 Å². The Kier molecular flexibility index (Phi) is 5.58. The third-order valence-corrected chi connectivity index (χ3v) is 6.27. The molecule has 5 rings (SSSR count). The van der Waals surface area contributed by atoms with Gasteiger partial charge in [-0.3, -0.25) is 0 Å². The highest BCUT2D eigenvalue weighted by Crippen LogP contribution is 2.38. The maximum atomic E-state index is 13.6. The van der Waals surface area contributed by atoms with Crippen molar-refractivity contribution in [3.63, 3.8) is 0 Å². The zero-order valence-electron chi connectivity index (χ0n) is 19.1. The average molecular weight is 443 g/mol. The summed E-state index contributed by atoms with van der Waals surface area (Å²) in [5.41, 5.74) is 5.03. The average Bonchev–Trinajstić information content (AvgIpc) is 2.82. The van der Waals surface area contributed by atoms with Crippen LogP contribution in [0.25, 0.3) is 10.9 Å². The van der Waals surface area contributed by atoms with Gasteiger partial charge in [-0.1, -0.05) is 30.3 Å². The highest BCUT2D eigenvalue weighted by molar-refractivity contribution is 5.95. The zero-order valence-corrected chi connectivity index (χ0v) is 19.1. The van der Waals surface area contributed by atoms with Gasteiger partial charge in [-0.2, -0.15) is 4.98 Å². The van der Waals surface area contributed by atoms with Gasteiger partial charge >= 0.3 is 0 Å². The van der Waals surface area contributed by atoms with Crippen LogP contribution in [0, 0.1) is 12.7 Å². The van der Waals surface area contributed by atoms with Gasteiger partial charge < -0.3 is 15.0 Å². The summed E-state index contributed by atoms with van der Waals surface area (Å²) in [7, 11) is 0. The molecule has 3 aromatic carbocycles. The van der Waals surface area contributed by atoms with Crippen LogP contribution in [0.2, 0.25) is 0 Å². The Hall–Kier alpha value is -3.67. The van der Waals surface area contributed by atoms with Crippen molar-refractivity contribution in [1.29, 1.82) is 0 Å². The normalized spacial score (nSPS) is 15.4. The molecule has 0 amide bonds. The number of fused-ring (bicyclic) bond motifs is 2. The van der Waals surface area contributed by atoms with E-state index >= 15 is 0 Å². The molecule has 1 aliphatic heterocycles. The highest BCUT2D eigenvalue weighted by atomic mass is 19.1. The van der Waals surface area contributed by atoms with E-state index < -0.39 is 0 Å². The largest absolute Gasteiger partial charge is 0.492 e. The molecule has 0 saturated heterocycles. The number of ether oxygens (including phenoxy) is 1. The number of rotatable bonds is 5. The minimum atomic E-state index is -0.266. The van der Waals surface area contributed by atoms with Gasteiger partial charge in [-0.25, -0.2) is 9.37 Å². The van der Waals surface area contributed by atoms with E-state index in [0.29, 0.717) is 12.6 Å². The molecule has 1 atom stereocenters. The van der Waals surface area contributed by atoms with Crippen LogP contribution >= 0.6 is 0 Å². The number of anilines is 3. The molecule has 0 radical (unpaired) electrons. The van der Waals surface area contributed by atoms with Crippen LogP contribution in [0.5, 0.6) is 5.75 Å². The summed E-state index contributed by atoms with van der Waals surface area (Å²) in [6, 6.07) is 19.4. The monoisotopic (exact) mass is 442 g/mol. The van der Waals surface area contributed by atoms with Gasteiger partial charge in [0.2, 0.25) is 5.95 Å². The van der Waals surface area contributed by atoms with Crippen LogP contribution < -0.4 is 15.0 Å². The first-order chi connectivity index (χ1) is 16.0. The van der Waals surface area contributed by atoms with Crippen LogP contribution in [0.4, 0.5) is 21.8 Å². The summed E-state index contributed by atoms with van der Waals surface area (Å²) in [6.45, 7) is 7.45. The second kappa shape index (κ2) is 8.70. The zero-order chi connectivity index (χ0) is 22.9. The van der Waals surface area contributed by atoms with E-state index in [1.807, 2.05) is 32.0 Å². The Bertz CT molecular complexity index is 1320. The lowest BCUT2D eigenvalue weighted by Crippen LogP contribution is -2.34. The lowest BCUT2D eigenvalue weighted by molar-refractivity contribution is 0.343. The molecule has 1 aromatic heterocycles. The maximum absolute atomic E-state index is 13.6. The number of aromatic nitrogens is 2. The molecule has 33 heavy (non-hydrogen) atoms. The quantitative estimate of drug-likeness (QED) is 0.391. The summed E-state index contributed by atoms with van der Waals surface area (Å²) < 4.78 is 19.5. The Morgan fingerprint density at radius 2 is 1.94 bits per heavy atom. The number of hydrogen-bond acceptors (Lipinski definition) is 5. The highest BCUT2D eigenvalue weighted by Gasteiger charge is 2.27. The first-order valence-corrected chi connectivity index (χ1v) is 11.4. The number of halogens is 1. The van der Waals surface area contributed by atoms with E-state index in [2.05, 4.69) is 41.4 Å². The van der Waals surface area contributed by atoms with Crippen LogP contribution in [0.3, 0.4) is 0 Å². The molecule has 0 fully saturated rings. The molecule has 4 aromatic rings. The minimum absolute atomic E-state index is 0.171. The summed E-state index contributed by atoms with van der Waals surface area (Å²) in [6.07, 6.45) is 0.955. The predicted octanol–water partition coefficient (Wildman–Crippen LogP) is 6.34. The van der Waals surface area contributed by atoms with Crippen LogP contribution in [-0.4, -0.2) is 23.1 Å². The number of nitrogens with zero attached hydrogens (tertiary/aromatic N) is 3. The number of aryl methyl sites for hydroxylation is 1.